The third kappa shape index (κ3) is 4.26. The quantitative estimate of drug-likeness (QED) is 0.530. The molecule has 0 radical (unpaired) electrons. The molecular weight excluding hydrogens is 343 g/mol. The van der Waals surface area contributed by atoms with Crippen LogP contribution in [0.15, 0.2) is 51.9 Å². The summed E-state index contributed by atoms with van der Waals surface area (Å²) < 4.78 is 19.9. The van der Waals surface area contributed by atoms with Gasteiger partial charge in [-0.15, -0.1) is 0 Å². The van der Waals surface area contributed by atoms with E-state index in [1.807, 2.05) is 44.2 Å². The molecule has 0 spiro atoms. The summed E-state index contributed by atoms with van der Waals surface area (Å²) in [6, 6.07) is 14.2. The fourth-order valence-corrected chi connectivity index (χ4v) is 2.81. The number of nitriles is 1. The maximum absolute atomic E-state index is 14.0. The van der Waals surface area contributed by atoms with E-state index in [1.54, 1.807) is 12.1 Å². The van der Waals surface area contributed by atoms with Crippen molar-refractivity contribution in [2.75, 3.05) is 6.54 Å². The number of nitrogens with zero attached hydrogens (tertiary/aromatic N) is 2. The molecule has 1 aromatic heterocycles. The van der Waals surface area contributed by atoms with Crippen molar-refractivity contribution in [3.63, 3.8) is 0 Å². The number of halogens is 1. The molecular formula is C21H21FN4O. The van der Waals surface area contributed by atoms with E-state index < -0.39 is 5.82 Å². The van der Waals surface area contributed by atoms with Crippen molar-refractivity contribution in [1.82, 2.24) is 10.6 Å². The molecule has 2 N–H and O–H groups in total. The molecule has 0 unspecified atom stereocenters. The van der Waals surface area contributed by atoms with Crippen LogP contribution in [0, 0.1) is 24.1 Å². The van der Waals surface area contributed by atoms with Gasteiger partial charge in [0.2, 0.25) is 0 Å². The number of hydrogen-bond acceptors (Lipinski definition) is 3. The number of benzene rings is 2. The highest BCUT2D eigenvalue weighted by Gasteiger charge is 2.10. The summed E-state index contributed by atoms with van der Waals surface area (Å²) in [4.78, 5) is 4.43. The van der Waals surface area contributed by atoms with Crippen molar-refractivity contribution < 1.29 is 8.81 Å². The molecule has 2 aromatic carbocycles. The van der Waals surface area contributed by atoms with E-state index in [4.69, 9.17) is 9.68 Å². The molecule has 5 nitrogen and oxygen atoms in total. The van der Waals surface area contributed by atoms with E-state index in [0.717, 1.165) is 22.3 Å². The predicted octanol–water partition coefficient (Wildman–Crippen LogP) is 4.01. The van der Waals surface area contributed by atoms with Crippen LogP contribution in [0.5, 0.6) is 0 Å². The average Bonchev–Trinajstić information content (AvgIpc) is 3.01. The fourth-order valence-electron chi connectivity index (χ4n) is 2.81. The molecule has 0 aliphatic carbocycles. The first-order chi connectivity index (χ1) is 13.1. The van der Waals surface area contributed by atoms with E-state index in [-0.39, 0.29) is 6.54 Å². The van der Waals surface area contributed by atoms with Crippen LogP contribution in [-0.4, -0.2) is 12.5 Å². The Balaban J connectivity index is 1.72. The zero-order chi connectivity index (χ0) is 19.2. The van der Waals surface area contributed by atoms with Gasteiger partial charge < -0.3 is 15.1 Å². The molecule has 1 heterocycles. The maximum Gasteiger partial charge on any atom is 0.191 e. The molecule has 0 aliphatic rings. The second-order valence-corrected chi connectivity index (χ2v) is 6.11. The Morgan fingerprint density at radius 2 is 2.04 bits per heavy atom. The lowest BCUT2D eigenvalue weighted by atomic mass is 10.1. The molecule has 6 heteroatoms. The minimum atomic E-state index is -0.429. The molecule has 0 saturated heterocycles. The lowest BCUT2D eigenvalue weighted by molar-refractivity contribution is 0.534. The third-order valence-electron chi connectivity index (χ3n) is 4.29. The Kier molecular flexibility index (Phi) is 5.72. The van der Waals surface area contributed by atoms with Crippen LogP contribution in [0.25, 0.3) is 11.0 Å². The zero-order valence-corrected chi connectivity index (χ0v) is 15.3. The van der Waals surface area contributed by atoms with E-state index in [1.165, 1.54) is 6.07 Å². The molecule has 0 aliphatic heterocycles. The topological polar surface area (TPSA) is 73.3 Å². The van der Waals surface area contributed by atoms with Gasteiger partial charge in [0.1, 0.15) is 17.2 Å². The summed E-state index contributed by atoms with van der Waals surface area (Å²) in [5.74, 6) is 0.981. The normalized spacial score (nSPS) is 11.4. The van der Waals surface area contributed by atoms with Crippen LogP contribution in [0.1, 0.15) is 29.4 Å². The Labute approximate surface area is 157 Å². The predicted molar refractivity (Wildman–Crippen MR) is 104 cm³/mol. The Bertz CT molecular complexity index is 1020. The number of aryl methyl sites for hydroxylation is 1. The number of nitrogens with one attached hydrogen (secondary N) is 2. The first-order valence-corrected chi connectivity index (χ1v) is 8.80. The van der Waals surface area contributed by atoms with Crippen molar-refractivity contribution >= 4 is 16.9 Å². The van der Waals surface area contributed by atoms with Crippen LogP contribution in [0.4, 0.5) is 4.39 Å². The highest BCUT2D eigenvalue weighted by molar-refractivity contribution is 5.83. The number of aliphatic imine (C=N–C) groups is 1. The first-order valence-electron chi connectivity index (χ1n) is 8.80. The molecule has 138 valence electrons. The van der Waals surface area contributed by atoms with Crippen molar-refractivity contribution in [3.05, 3.63) is 70.7 Å². The number of para-hydroxylation sites is 1. The molecule has 3 rings (SSSR count). The van der Waals surface area contributed by atoms with Crippen molar-refractivity contribution in [1.29, 1.82) is 5.26 Å². The lowest BCUT2D eigenvalue weighted by Crippen LogP contribution is -2.36. The summed E-state index contributed by atoms with van der Waals surface area (Å²) in [6.07, 6.45) is 0. The zero-order valence-electron chi connectivity index (χ0n) is 15.3. The first kappa shape index (κ1) is 18.5. The van der Waals surface area contributed by atoms with Gasteiger partial charge in [0.15, 0.2) is 5.96 Å². The molecule has 0 saturated carbocycles. The van der Waals surface area contributed by atoms with E-state index in [2.05, 4.69) is 15.6 Å². The second kappa shape index (κ2) is 8.37. The van der Waals surface area contributed by atoms with Crippen molar-refractivity contribution in [2.24, 2.45) is 4.99 Å². The fraction of sp³-hybridized carbons (Fsp3) is 0.238. The Morgan fingerprint density at radius 1 is 1.22 bits per heavy atom. The van der Waals surface area contributed by atoms with Crippen LogP contribution in [0.3, 0.4) is 0 Å². The van der Waals surface area contributed by atoms with Gasteiger partial charge in [-0.3, -0.25) is 0 Å². The van der Waals surface area contributed by atoms with Gasteiger partial charge in [-0.25, -0.2) is 9.38 Å². The number of rotatable bonds is 5. The van der Waals surface area contributed by atoms with Gasteiger partial charge >= 0.3 is 0 Å². The number of hydrogen-bond donors (Lipinski definition) is 2. The minimum Gasteiger partial charge on any atom is -0.459 e. The molecule has 27 heavy (non-hydrogen) atoms. The van der Waals surface area contributed by atoms with Crippen LogP contribution in [0.2, 0.25) is 0 Å². The molecule has 0 fully saturated rings. The standard InChI is InChI=1S/C21H21FN4O/c1-3-24-21(25-12-16-9-8-15(11-23)10-18(16)22)26-13-20-14(2)17-6-4-5-7-19(17)27-20/h4-10H,3,12-13H2,1-2H3,(H2,24,25,26). The second-order valence-electron chi connectivity index (χ2n) is 6.11. The summed E-state index contributed by atoms with van der Waals surface area (Å²) in [5, 5.41) is 16.3. The van der Waals surface area contributed by atoms with Crippen molar-refractivity contribution in [2.45, 2.75) is 26.9 Å². The van der Waals surface area contributed by atoms with Crippen LogP contribution >= 0.6 is 0 Å². The molecule has 0 atom stereocenters. The highest BCUT2D eigenvalue weighted by Crippen LogP contribution is 2.24. The lowest BCUT2D eigenvalue weighted by Gasteiger charge is -2.11. The van der Waals surface area contributed by atoms with E-state index in [9.17, 15) is 4.39 Å². The minimum absolute atomic E-state index is 0.173. The third-order valence-corrected chi connectivity index (χ3v) is 4.29. The summed E-state index contributed by atoms with van der Waals surface area (Å²) in [7, 11) is 0. The Hall–Kier alpha value is -3.33. The smallest absolute Gasteiger partial charge is 0.191 e. The monoisotopic (exact) mass is 364 g/mol. The van der Waals surface area contributed by atoms with Gasteiger partial charge in [-0.1, -0.05) is 24.3 Å². The Morgan fingerprint density at radius 3 is 2.74 bits per heavy atom. The largest absolute Gasteiger partial charge is 0.459 e. The van der Waals surface area contributed by atoms with Gasteiger partial charge in [0.05, 0.1) is 24.7 Å². The number of furan rings is 1. The number of fused-ring (bicyclic) bond motifs is 1. The maximum atomic E-state index is 14.0. The molecule has 3 aromatic rings. The highest BCUT2D eigenvalue weighted by atomic mass is 19.1. The summed E-state index contributed by atoms with van der Waals surface area (Å²) in [5.41, 5.74) is 2.68. The van der Waals surface area contributed by atoms with Gasteiger partial charge in [-0.05, 0) is 32.0 Å². The van der Waals surface area contributed by atoms with E-state index in [0.29, 0.717) is 30.2 Å². The van der Waals surface area contributed by atoms with Gasteiger partial charge in [0.25, 0.3) is 0 Å². The van der Waals surface area contributed by atoms with Gasteiger partial charge in [0, 0.05) is 23.1 Å². The molecule has 0 bridgehead atoms. The molecule has 0 amide bonds. The van der Waals surface area contributed by atoms with Crippen LogP contribution in [-0.2, 0) is 13.1 Å². The summed E-state index contributed by atoms with van der Waals surface area (Å²) in [6.45, 7) is 5.32. The number of guanidine groups is 1. The van der Waals surface area contributed by atoms with Crippen molar-refractivity contribution in [3.8, 4) is 6.07 Å². The average molecular weight is 364 g/mol. The summed E-state index contributed by atoms with van der Waals surface area (Å²) >= 11 is 0. The van der Waals surface area contributed by atoms with E-state index >= 15 is 0 Å². The SMILES string of the molecule is CCNC(=NCc1ccc(C#N)cc1F)NCc1oc2ccccc2c1C. The van der Waals surface area contributed by atoms with Crippen LogP contribution < -0.4 is 10.6 Å². The van der Waals surface area contributed by atoms with Gasteiger partial charge in [-0.2, -0.15) is 5.26 Å².